The van der Waals surface area contributed by atoms with E-state index in [2.05, 4.69) is 38.9 Å². The molecule has 0 saturated heterocycles. The summed E-state index contributed by atoms with van der Waals surface area (Å²) in [5.41, 5.74) is 2.15. The van der Waals surface area contributed by atoms with Crippen LogP contribution in [0.1, 0.15) is 17.4 Å². The van der Waals surface area contributed by atoms with Gasteiger partial charge in [-0.2, -0.15) is 0 Å². The van der Waals surface area contributed by atoms with Gasteiger partial charge in [0.2, 0.25) is 5.65 Å². The van der Waals surface area contributed by atoms with Crippen molar-refractivity contribution < 1.29 is 0 Å². The monoisotopic (exact) mass is 259 g/mol. The minimum atomic E-state index is 0.757. The van der Waals surface area contributed by atoms with Gasteiger partial charge < -0.3 is 5.32 Å². The average molecular weight is 259 g/mol. The molecule has 0 amide bonds. The van der Waals surface area contributed by atoms with E-state index < -0.39 is 0 Å². The van der Waals surface area contributed by atoms with Gasteiger partial charge in [0.15, 0.2) is 5.82 Å². The molecule has 0 spiro atoms. The molecule has 0 radical (unpaired) electrons. The second-order valence-corrected chi connectivity index (χ2v) is 4.91. The van der Waals surface area contributed by atoms with Gasteiger partial charge >= 0.3 is 0 Å². The van der Waals surface area contributed by atoms with Crippen LogP contribution in [0, 0.1) is 0 Å². The summed E-state index contributed by atoms with van der Waals surface area (Å²) in [6.45, 7) is 2.95. The molecule has 0 saturated carbocycles. The predicted molar refractivity (Wildman–Crippen MR) is 71.8 cm³/mol. The lowest BCUT2D eigenvalue weighted by Crippen LogP contribution is -2.03. The van der Waals surface area contributed by atoms with E-state index in [4.69, 9.17) is 0 Å². The number of anilines is 1. The predicted octanol–water partition coefficient (Wildman–Crippen LogP) is 2.36. The summed E-state index contributed by atoms with van der Waals surface area (Å²) >= 11 is 1.77. The minimum absolute atomic E-state index is 0.757. The van der Waals surface area contributed by atoms with Crippen LogP contribution in [0.2, 0.25) is 0 Å². The Hall–Kier alpha value is -1.95. The molecule has 0 aliphatic heterocycles. The Labute approximate surface area is 109 Å². The highest BCUT2D eigenvalue weighted by molar-refractivity contribution is 7.10. The molecule has 3 aromatic heterocycles. The lowest BCUT2D eigenvalue weighted by atomic mass is 10.2. The topological polar surface area (TPSA) is 55.1 Å². The average Bonchev–Trinajstić information content (AvgIpc) is 3.04. The molecular weight excluding hydrogens is 246 g/mol. The van der Waals surface area contributed by atoms with Gasteiger partial charge in [-0.3, -0.25) is 4.40 Å². The Balaban J connectivity index is 1.83. The van der Waals surface area contributed by atoms with E-state index in [1.165, 1.54) is 10.4 Å². The van der Waals surface area contributed by atoms with Gasteiger partial charge in [0.05, 0.1) is 6.54 Å². The van der Waals surface area contributed by atoms with Crippen LogP contribution >= 0.6 is 11.3 Å². The molecule has 0 aromatic carbocycles. The third-order valence-corrected chi connectivity index (χ3v) is 3.81. The third-order valence-electron chi connectivity index (χ3n) is 2.85. The first-order valence-electron chi connectivity index (χ1n) is 5.82. The molecule has 3 aromatic rings. The second kappa shape index (κ2) is 4.73. The van der Waals surface area contributed by atoms with Crippen molar-refractivity contribution in [3.8, 4) is 0 Å². The fourth-order valence-corrected chi connectivity index (χ4v) is 2.80. The van der Waals surface area contributed by atoms with Crippen LogP contribution in [0.15, 0.2) is 30.2 Å². The van der Waals surface area contributed by atoms with Gasteiger partial charge in [-0.1, -0.05) is 6.92 Å². The van der Waals surface area contributed by atoms with Gasteiger partial charge in [-0.05, 0) is 23.4 Å². The van der Waals surface area contributed by atoms with Gasteiger partial charge in [0.25, 0.3) is 0 Å². The van der Waals surface area contributed by atoms with Crippen LogP contribution in [-0.4, -0.2) is 19.6 Å². The Bertz CT molecular complexity index is 657. The molecule has 0 atom stereocenters. The number of hydrogen-bond donors (Lipinski definition) is 1. The molecule has 3 rings (SSSR count). The van der Waals surface area contributed by atoms with Crippen molar-refractivity contribution in [3.63, 3.8) is 0 Å². The lowest BCUT2D eigenvalue weighted by molar-refractivity contribution is 1.05. The van der Waals surface area contributed by atoms with E-state index in [9.17, 15) is 0 Å². The van der Waals surface area contributed by atoms with Crippen molar-refractivity contribution in [3.05, 3.63) is 40.6 Å². The molecule has 18 heavy (non-hydrogen) atoms. The molecular formula is C12H13N5S. The summed E-state index contributed by atoms with van der Waals surface area (Å²) in [7, 11) is 0. The summed E-state index contributed by atoms with van der Waals surface area (Å²) in [4.78, 5) is 5.65. The highest BCUT2D eigenvalue weighted by atomic mass is 32.1. The summed E-state index contributed by atoms with van der Waals surface area (Å²) in [5, 5.41) is 13.4. The van der Waals surface area contributed by atoms with Crippen LogP contribution in [-0.2, 0) is 13.0 Å². The normalized spacial score (nSPS) is 10.9. The smallest absolute Gasteiger partial charge is 0.203 e. The minimum Gasteiger partial charge on any atom is -0.362 e. The van der Waals surface area contributed by atoms with Crippen molar-refractivity contribution in [2.45, 2.75) is 19.9 Å². The number of aryl methyl sites for hydroxylation is 1. The van der Waals surface area contributed by atoms with E-state index in [0.29, 0.717) is 0 Å². The number of nitrogens with zero attached hydrogens (tertiary/aromatic N) is 4. The summed E-state index contributed by atoms with van der Waals surface area (Å²) in [6, 6.07) is 2.17. The highest BCUT2D eigenvalue weighted by Gasteiger charge is 2.06. The summed E-state index contributed by atoms with van der Waals surface area (Å²) < 4.78 is 1.85. The van der Waals surface area contributed by atoms with Crippen LogP contribution in [0.5, 0.6) is 0 Å². The van der Waals surface area contributed by atoms with Crippen molar-refractivity contribution in [2.24, 2.45) is 0 Å². The maximum atomic E-state index is 4.30. The molecule has 0 unspecified atom stereocenters. The van der Waals surface area contributed by atoms with E-state index in [1.807, 2.05) is 10.6 Å². The molecule has 0 bridgehead atoms. The van der Waals surface area contributed by atoms with Gasteiger partial charge in [-0.25, -0.2) is 4.98 Å². The van der Waals surface area contributed by atoms with E-state index >= 15 is 0 Å². The molecule has 0 aliphatic rings. The quantitative estimate of drug-likeness (QED) is 0.781. The largest absolute Gasteiger partial charge is 0.362 e. The first kappa shape index (κ1) is 11.2. The lowest BCUT2D eigenvalue weighted by Gasteiger charge is -2.06. The van der Waals surface area contributed by atoms with Gasteiger partial charge in [-0.15, -0.1) is 21.5 Å². The first-order chi connectivity index (χ1) is 8.88. The van der Waals surface area contributed by atoms with Gasteiger partial charge in [0, 0.05) is 17.3 Å². The fraction of sp³-hybridized carbons (Fsp3) is 0.250. The zero-order valence-corrected chi connectivity index (χ0v) is 10.8. The first-order valence-corrected chi connectivity index (χ1v) is 6.70. The van der Waals surface area contributed by atoms with Crippen LogP contribution < -0.4 is 5.32 Å². The van der Waals surface area contributed by atoms with Crippen LogP contribution in [0.3, 0.4) is 0 Å². The maximum absolute atomic E-state index is 4.30. The van der Waals surface area contributed by atoms with Crippen LogP contribution in [0.25, 0.3) is 5.65 Å². The molecule has 0 aliphatic carbocycles. The maximum Gasteiger partial charge on any atom is 0.203 e. The summed E-state index contributed by atoms with van der Waals surface area (Å²) in [5.74, 6) is 0.769. The molecule has 6 heteroatoms. The third kappa shape index (κ3) is 1.95. The Morgan fingerprint density at radius 3 is 3.28 bits per heavy atom. The standard InChI is InChI=1S/C12H13N5S/c1-2-9-3-6-18-10(9)7-14-11-12-16-15-8-17(12)5-4-13-11/h3-6,8H,2,7H2,1H3,(H,13,14). The number of nitrogens with one attached hydrogen (secondary N) is 1. The molecule has 92 valence electrons. The van der Waals surface area contributed by atoms with Crippen molar-refractivity contribution in [1.82, 2.24) is 19.6 Å². The van der Waals surface area contributed by atoms with Crippen molar-refractivity contribution in [1.29, 1.82) is 0 Å². The Kier molecular flexibility index (Phi) is 2.93. The molecule has 5 nitrogen and oxygen atoms in total. The van der Waals surface area contributed by atoms with Crippen molar-refractivity contribution in [2.75, 3.05) is 5.32 Å². The molecule has 0 fully saturated rings. The second-order valence-electron chi connectivity index (χ2n) is 3.91. The zero-order chi connectivity index (χ0) is 12.4. The highest BCUT2D eigenvalue weighted by Crippen LogP contribution is 2.19. The van der Waals surface area contributed by atoms with E-state index in [0.717, 1.165) is 24.4 Å². The number of fused-ring (bicyclic) bond motifs is 1. The Morgan fingerprint density at radius 2 is 2.39 bits per heavy atom. The van der Waals surface area contributed by atoms with Gasteiger partial charge in [0.1, 0.15) is 6.33 Å². The fourth-order valence-electron chi connectivity index (χ4n) is 1.88. The van der Waals surface area contributed by atoms with Crippen LogP contribution in [0.4, 0.5) is 5.82 Å². The molecule has 1 N–H and O–H groups in total. The number of hydrogen-bond acceptors (Lipinski definition) is 5. The van der Waals surface area contributed by atoms with Crippen molar-refractivity contribution >= 4 is 22.8 Å². The zero-order valence-electron chi connectivity index (χ0n) is 10.00. The molecule has 3 heterocycles. The summed E-state index contributed by atoms with van der Waals surface area (Å²) in [6.07, 6.45) is 6.31. The number of thiophene rings is 1. The number of rotatable bonds is 4. The Morgan fingerprint density at radius 1 is 1.44 bits per heavy atom. The van der Waals surface area contributed by atoms with E-state index in [-0.39, 0.29) is 0 Å². The van der Waals surface area contributed by atoms with E-state index in [1.54, 1.807) is 23.9 Å². The number of aromatic nitrogens is 4. The SMILES string of the molecule is CCc1ccsc1CNc1nccn2cnnc12.